The monoisotopic (exact) mass is 391 g/mol. The standard InChI is InChI=1S/C20H37N7O/c1-16-24-25-19(26(16)2)15-21-20(22-17-7-5-4-6-8-17)23-18-9-11-27(12-10-18)13-14-28-3/h17-18H,4-15H2,1-3H3,(H2,21,22,23). The molecule has 1 aromatic rings. The first-order valence-corrected chi connectivity index (χ1v) is 10.8. The molecule has 1 saturated heterocycles. The number of aryl methyl sites for hydroxylation is 1. The Kier molecular flexibility index (Phi) is 8.09. The molecule has 0 spiro atoms. The number of guanidine groups is 1. The lowest BCUT2D eigenvalue weighted by Gasteiger charge is -2.34. The summed E-state index contributed by atoms with van der Waals surface area (Å²) in [6.45, 7) is 6.57. The number of rotatable bonds is 7. The van der Waals surface area contributed by atoms with E-state index < -0.39 is 0 Å². The van der Waals surface area contributed by atoms with E-state index in [-0.39, 0.29) is 0 Å². The van der Waals surface area contributed by atoms with Crippen LogP contribution in [0.4, 0.5) is 0 Å². The van der Waals surface area contributed by atoms with Gasteiger partial charge in [-0.1, -0.05) is 19.3 Å². The van der Waals surface area contributed by atoms with Crippen LogP contribution in [0.2, 0.25) is 0 Å². The van der Waals surface area contributed by atoms with Gasteiger partial charge in [-0.2, -0.15) is 0 Å². The summed E-state index contributed by atoms with van der Waals surface area (Å²) in [6.07, 6.45) is 8.72. The number of nitrogens with one attached hydrogen (secondary N) is 2. The number of hydrogen-bond donors (Lipinski definition) is 2. The zero-order chi connectivity index (χ0) is 19.8. The quantitative estimate of drug-likeness (QED) is 0.543. The minimum absolute atomic E-state index is 0.467. The summed E-state index contributed by atoms with van der Waals surface area (Å²) in [5, 5.41) is 15.8. The average Bonchev–Trinajstić information content (AvgIpc) is 3.04. The lowest BCUT2D eigenvalue weighted by atomic mass is 9.95. The molecule has 8 heteroatoms. The largest absolute Gasteiger partial charge is 0.383 e. The molecule has 1 aliphatic carbocycles. The first kappa shape index (κ1) is 21.0. The Hall–Kier alpha value is -1.67. The minimum atomic E-state index is 0.467. The highest BCUT2D eigenvalue weighted by molar-refractivity contribution is 5.80. The molecule has 0 amide bonds. The van der Waals surface area contributed by atoms with Crippen molar-refractivity contribution < 1.29 is 4.74 Å². The van der Waals surface area contributed by atoms with Crippen molar-refractivity contribution in [2.45, 2.75) is 70.5 Å². The molecule has 8 nitrogen and oxygen atoms in total. The van der Waals surface area contributed by atoms with Gasteiger partial charge in [0, 0.05) is 45.9 Å². The van der Waals surface area contributed by atoms with Crippen LogP contribution in [0.25, 0.3) is 0 Å². The average molecular weight is 392 g/mol. The Morgan fingerprint density at radius 3 is 2.36 bits per heavy atom. The van der Waals surface area contributed by atoms with Crippen LogP contribution in [0.15, 0.2) is 4.99 Å². The van der Waals surface area contributed by atoms with E-state index in [4.69, 9.17) is 9.73 Å². The molecule has 2 fully saturated rings. The Morgan fingerprint density at radius 1 is 1.07 bits per heavy atom. The van der Waals surface area contributed by atoms with Gasteiger partial charge in [0.05, 0.1) is 6.61 Å². The van der Waals surface area contributed by atoms with Gasteiger partial charge in [0.25, 0.3) is 0 Å². The van der Waals surface area contributed by atoms with E-state index in [1.165, 1.54) is 32.1 Å². The molecule has 0 unspecified atom stereocenters. The molecule has 2 heterocycles. The van der Waals surface area contributed by atoms with Crippen LogP contribution >= 0.6 is 0 Å². The summed E-state index contributed by atoms with van der Waals surface area (Å²) in [7, 11) is 3.77. The number of methoxy groups -OCH3 is 1. The molecule has 0 bridgehead atoms. The van der Waals surface area contributed by atoms with E-state index in [0.29, 0.717) is 18.6 Å². The Balaban J connectivity index is 1.57. The summed E-state index contributed by atoms with van der Waals surface area (Å²) >= 11 is 0. The summed E-state index contributed by atoms with van der Waals surface area (Å²) in [5.74, 6) is 2.75. The maximum absolute atomic E-state index is 5.21. The second-order valence-corrected chi connectivity index (χ2v) is 8.12. The van der Waals surface area contributed by atoms with Gasteiger partial charge in [-0.25, -0.2) is 4.99 Å². The van der Waals surface area contributed by atoms with Crippen molar-refractivity contribution in [2.75, 3.05) is 33.4 Å². The Bertz CT molecular complexity index is 616. The lowest BCUT2D eigenvalue weighted by Crippen LogP contribution is -2.51. The van der Waals surface area contributed by atoms with Crippen molar-refractivity contribution in [2.24, 2.45) is 12.0 Å². The molecule has 2 N–H and O–H groups in total. The van der Waals surface area contributed by atoms with Gasteiger partial charge < -0.3 is 24.8 Å². The van der Waals surface area contributed by atoms with E-state index in [0.717, 1.165) is 56.7 Å². The smallest absolute Gasteiger partial charge is 0.192 e. The summed E-state index contributed by atoms with van der Waals surface area (Å²) in [5.41, 5.74) is 0. The first-order chi connectivity index (χ1) is 13.7. The van der Waals surface area contributed by atoms with E-state index in [9.17, 15) is 0 Å². The molecule has 28 heavy (non-hydrogen) atoms. The molecule has 0 atom stereocenters. The molecule has 158 valence electrons. The molecular weight excluding hydrogens is 354 g/mol. The number of ether oxygens (including phenoxy) is 1. The van der Waals surface area contributed by atoms with Crippen molar-refractivity contribution in [1.29, 1.82) is 0 Å². The van der Waals surface area contributed by atoms with Crippen LogP contribution in [0.5, 0.6) is 0 Å². The third kappa shape index (κ3) is 6.17. The molecule has 1 aliphatic heterocycles. The van der Waals surface area contributed by atoms with Crippen molar-refractivity contribution >= 4 is 5.96 Å². The molecule has 1 saturated carbocycles. The van der Waals surface area contributed by atoms with Gasteiger partial charge in [0.1, 0.15) is 12.4 Å². The van der Waals surface area contributed by atoms with Gasteiger partial charge in [-0.15, -0.1) is 10.2 Å². The van der Waals surface area contributed by atoms with Crippen LogP contribution in [0.3, 0.4) is 0 Å². The third-order valence-corrected chi connectivity index (χ3v) is 6.05. The third-order valence-electron chi connectivity index (χ3n) is 6.05. The van der Waals surface area contributed by atoms with Crippen molar-refractivity contribution in [1.82, 2.24) is 30.3 Å². The molecule has 0 radical (unpaired) electrons. The fraction of sp³-hybridized carbons (Fsp3) is 0.850. The van der Waals surface area contributed by atoms with Crippen molar-refractivity contribution in [3.63, 3.8) is 0 Å². The summed E-state index contributed by atoms with van der Waals surface area (Å²) in [4.78, 5) is 7.34. The van der Waals surface area contributed by atoms with Gasteiger partial charge in [0.15, 0.2) is 11.8 Å². The fourth-order valence-corrected chi connectivity index (χ4v) is 4.03. The number of likely N-dealkylation sites (tertiary alicyclic amines) is 1. The molecule has 1 aromatic heterocycles. The fourth-order valence-electron chi connectivity index (χ4n) is 4.03. The lowest BCUT2D eigenvalue weighted by molar-refractivity contribution is 0.128. The van der Waals surface area contributed by atoms with E-state index in [1.807, 2.05) is 18.5 Å². The Labute approximate surface area is 169 Å². The Morgan fingerprint density at radius 2 is 1.75 bits per heavy atom. The predicted octanol–water partition coefficient (Wildman–Crippen LogP) is 1.60. The maximum atomic E-state index is 5.21. The number of piperidine rings is 1. The zero-order valence-corrected chi connectivity index (χ0v) is 17.8. The topological polar surface area (TPSA) is 79.6 Å². The number of hydrogen-bond acceptors (Lipinski definition) is 5. The zero-order valence-electron chi connectivity index (χ0n) is 17.8. The number of nitrogens with zero attached hydrogens (tertiary/aromatic N) is 5. The van der Waals surface area contributed by atoms with E-state index >= 15 is 0 Å². The minimum Gasteiger partial charge on any atom is -0.383 e. The maximum Gasteiger partial charge on any atom is 0.192 e. The van der Waals surface area contributed by atoms with Crippen LogP contribution in [0, 0.1) is 6.92 Å². The first-order valence-electron chi connectivity index (χ1n) is 10.8. The second-order valence-electron chi connectivity index (χ2n) is 8.12. The SMILES string of the molecule is COCCN1CCC(NC(=NCc2nnc(C)n2C)NC2CCCCC2)CC1. The van der Waals surface area contributed by atoms with Gasteiger partial charge in [-0.3, -0.25) is 0 Å². The van der Waals surface area contributed by atoms with Crippen LogP contribution < -0.4 is 10.6 Å². The highest BCUT2D eigenvalue weighted by atomic mass is 16.5. The molecule has 2 aliphatic rings. The number of aromatic nitrogens is 3. The van der Waals surface area contributed by atoms with Crippen molar-refractivity contribution in [3.8, 4) is 0 Å². The van der Waals surface area contributed by atoms with Gasteiger partial charge in [-0.05, 0) is 32.6 Å². The highest BCUT2D eigenvalue weighted by Gasteiger charge is 2.21. The summed E-state index contributed by atoms with van der Waals surface area (Å²) in [6, 6.07) is 0.998. The van der Waals surface area contributed by atoms with Crippen LogP contribution in [-0.2, 0) is 18.3 Å². The van der Waals surface area contributed by atoms with Crippen LogP contribution in [-0.4, -0.2) is 71.1 Å². The van der Waals surface area contributed by atoms with E-state index in [2.05, 4.69) is 25.7 Å². The summed E-state index contributed by atoms with van der Waals surface area (Å²) < 4.78 is 7.22. The van der Waals surface area contributed by atoms with Gasteiger partial charge >= 0.3 is 0 Å². The number of aliphatic imine (C=N–C) groups is 1. The van der Waals surface area contributed by atoms with E-state index in [1.54, 1.807) is 7.11 Å². The molecular formula is C20H37N7O. The van der Waals surface area contributed by atoms with Crippen molar-refractivity contribution in [3.05, 3.63) is 11.6 Å². The normalized spacial score (nSPS) is 20.5. The van der Waals surface area contributed by atoms with Gasteiger partial charge in [0.2, 0.25) is 0 Å². The highest BCUT2D eigenvalue weighted by Crippen LogP contribution is 2.17. The predicted molar refractivity (Wildman–Crippen MR) is 111 cm³/mol. The van der Waals surface area contributed by atoms with Crippen LogP contribution in [0.1, 0.15) is 56.6 Å². The second kappa shape index (κ2) is 10.8. The molecule has 0 aromatic carbocycles. The molecule has 3 rings (SSSR count).